The van der Waals surface area contributed by atoms with E-state index in [-0.39, 0.29) is 22.0 Å². The number of esters is 2. The highest BCUT2D eigenvalue weighted by molar-refractivity contribution is 7.18. The number of halogens is 3. The van der Waals surface area contributed by atoms with Gasteiger partial charge in [-0.2, -0.15) is 0 Å². The van der Waals surface area contributed by atoms with E-state index in [2.05, 4.69) is 10.6 Å². The minimum Gasteiger partial charge on any atom is -0.465 e. The number of hydrogen-bond donors (Lipinski definition) is 2. The van der Waals surface area contributed by atoms with Crippen LogP contribution in [0, 0.1) is 6.92 Å². The Morgan fingerprint density at radius 2 is 1.84 bits per heavy atom. The first-order valence-corrected chi connectivity index (χ1v) is 8.97. The molecule has 1 rings (SSSR count). The number of carbonyl (C=O) groups is 3. The number of amides is 1. The minimum absolute atomic E-state index is 0.0974. The van der Waals surface area contributed by atoms with Crippen LogP contribution >= 0.6 is 46.1 Å². The van der Waals surface area contributed by atoms with Gasteiger partial charge < -0.3 is 20.1 Å². The Morgan fingerprint density at radius 1 is 1.24 bits per heavy atom. The van der Waals surface area contributed by atoms with Gasteiger partial charge in [0.05, 0.1) is 19.3 Å². The molecule has 0 bridgehead atoms. The number of methoxy groups -OCH3 is 1. The van der Waals surface area contributed by atoms with Gasteiger partial charge in [-0.25, -0.2) is 9.59 Å². The molecule has 7 nitrogen and oxygen atoms in total. The highest BCUT2D eigenvalue weighted by atomic mass is 35.6. The topological polar surface area (TPSA) is 93.7 Å². The van der Waals surface area contributed by atoms with Gasteiger partial charge in [0.1, 0.15) is 16.0 Å². The molecule has 0 spiro atoms. The Labute approximate surface area is 163 Å². The van der Waals surface area contributed by atoms with Gasteiger partial charge in [-0.1, -0.05) is 34.8 Å². The molecule has 1 atom stereocenters. The van der Waals surface area contributed by atoms with Crippen molar-refractivity contribution in [3.8, 4) is 0 Å². The predicted molar refractivity (Wildman–Crippen MR) is 97.9 cm³/mol. The minimum atomic E-state index is -1.92. The van der Waals surface area contributed by atoms with E-state index in [4.69, 9.17) is 44.3 Å². The molecule has 0 aliphatic heterocycles. The van der Waals surface area contributed by atoms with Gasteiger partial charge in [-0.15, -0.1) is 11.3 Å². The lowest BCUT2D eigenvalue weighted by molar-refractivity contribution is -0.119. The molecule has 0 aromatic carbocycles. The van der Waals surface area contributed by atoms with Gasteiger partial charge in [0, 0.05) is 6.92 Å². The molecule has 1 heterocycles. The maximum Gasteiger partial charge on any atom is 0.348 e. The molecule has 1 amide bonds. The van der Waals surface area contributed by atoms with E-state index in [0.717, 1.165) is 11.3 Å². The van der Waals surface area contributed by atoms with Crippen molar-refractivity contribution in [3.63, 3.8) is 0 Å². The summed E-state index contributed by atoms with van der Waals surface area (Å²) >= 11 is 18.5. The van der Waals surface area contributed by atoms with Gasteiger partial charge in [0.2, 0.25) is 9.70 Å². The molecule has 0 fully saturated rings. The largest absolute Gasteiger partial charge is 0.465 e. The molecule has 2 N–H and O–H groups in total. The van der Waals surface area contributed by atoms with E-state index in [1.54, 1.807) is 13.8 Å². The lowest BCUT2D eigenvalue weighted by atomic mass is 10.1. The van der Waals surface area contributed by atoms with E-state index >= 15 is 0 Å². The van der Waals surface area contributed by atoms with Crippen molar-refractivity contribution >= 4 is 69.0 Å². The Kier molecular flexibility index (Phi) is 7.80. The van der Waals surface area contributed by atoms with Crippen LogP contribution in [0.3, 0.4) is 0 Å². The Morgan fingerprint density at radius 3 is 2.28 bits per heavy atom. The number of hydrogen-bond acceptors (Lipinski definition) is 7. The number of nitrogens with one attached hydrogen (secondary N) is 2. The van der Waals surface area contributed by atoms with Crippen LogP contribution in [0.25, 0.3) is 0 Å². The fourth-order valence-corrected chi connectivity index (χ4v) is 3.33. The van der Waals surface area contributed by atoms with Crippen molar-refractivity contribution in [3.05, 3.63) is 16.0 Å². The molecule has 11 heteroatoms. The van der Waals surface area contributed by atoms with Crippen LogP contribution in [0.5, 0.6) is 0 Å². The van der Waals surface area contributed by atoms with Gasteiger partial charge in [-0.05, 0) is 19.4 Å². The molecule has 0 saturated carbocycles. The molecule has 25 heavy (non-hydrogen) atoms. The summed E-state index contributed by atoms with van der Waals surface area (Å²) < 4.78 is 7.80. The van der Waals surface area contributed by atoms with Crippen molar-refractivity contribution in [1.29, 1.82) is 0 Å². The summed E-state index contributed by atoms with van der Waals surface area (Å²) in [6.45, 7) is 4.66. The third-order valence-corrected chi connectivity index (χ3v) is 4.81. The highest BCUT2D eigenvalue weighted by Crippen LogP contribution is 2.38. The number of rotatable bonds is 6. The van der Waals surface area contributed by atoms with Crippen LogP contribution < -0.4 is 10.6 Å². The summed E-state index contributed by atoms with van der Waals surface area (Å²) in [4.78, 5) is 35.7. The van der Waals surface area contributed by atoms with Crippen LogP contribution in [0.1, 0.15) is 39.4 Å². The summed E-state index contributed by atoms with van der Waals surface area (Å²) in [6, 6.07) is 0. The summed E-state index contributed by atoms with van der Waals surface area (Å²) in [7, 11) is 1.20. The summed E-state index contributed by atoms with van der Waals surface area (Å²) in [5.74, 6) is -1.73. The van der Waals surface area contributed by atoms with Gasteiger partial charge in [0.25, 0.3) is 0 Å². The number of ether oxygens (including phenoxy) is 2. The van der Waals surface area contributed by atoms with Crippen LogP contribution in [-0.4, -0.2) is 41.5 Å². The predicted octanol–water partition coefficient (Wildman–Crippen LogP) is 3.26. The molecule has 0 aliphatic rings. The molecular formula is C14H17Cl3N2O5S. The van der Waals surface area contributed by atoms with Crippen molar-refractivity contribution < 1.29 is 23.9 Å². The fourth-order valence-electron chi connectivity index (χ4n) is 1.89. The van der Waals surface area contributed by atoms with E-state index in [9.17, 15) is 14.4 Å². The van der Waals surface area contributed by atoms with Crippen molar-refractivity contribution in [1.82, 2.24) is 5.32 Å². The second-order valence-electron chi connectivity index (χ2n) is 4.79. The van der Waals surface area contributed by atoms with Gasteiger partial charge >= 0.3 is 11.9 Å². The standard InChI is InChI=1S/C14H17Cl3N2O5S/c1-5-24-12(22)9-6(2)8(11(21)23-4)10(25-9)19-13(14(15,16)17)18-7(3)20/h13,19H,5H2,1-4H3,(H,18,20)/t13-/m1/s1. The summed E-state index contributed by atoms with van der Waals surface area (Å²) in [6.07, 6.45) is -1.15. The Bertz CT molecular complexity index is 672. The van der Waals surface area contributed by atoms with E-state index in [1.807, 2.05) is 0 Å². The van der Waals surface area contributed by atoms with Crippen molar-refractivity contribution in [2.75, 3.05) is 19.0 Å². The molecule has 140 valence electrons. The summed E-state index contributed by atoms with van der Waals surface area (Å²) in [5.41, 5.74) is 0.462. The second kappa shape index (κ2) is 8.93. The molecule has 0 saturated heterocycles. The fraction of sp³-hybridized carbons (Fsp3) is 0.500. The molecule has 0 radical (unpaired) electrons. The first kappa shape index (κ1) is 21.8. The first-order chi connectivity index (χ1) is 11.5. The monoisotopic (exact) mass is 430 g/mol. The number of thiophene rings is 1. The Balaban J connectivity index is 3.36. The SMILES string of the molecule is CCOC(=O)c1sc(N[C@@H](NC(C)=O)C(Cl)(Cl)Cl)c(C(=O)OC)c1C. The van der Waals surface area contributed by atoms with Crippen molar-refractivity contribution in [2.24, 2.45) is 0 Å². The normalized spacial score (nSPS) is 12.3. The average Bonchev–Trinajstić information content (AvgIpc) is 2.81. The summed E-state index contributed by atoms with van der Waals surface area (Å²) in [5, 5.41) is 5.41. The lowest BCUT2D eigenvalue weighted by Gasteiger charge is -2.26. The first-order valence-electron chi connectivity index (χ1n) is 7.02. The highest BCUT2D eigenvalue weighted by Gasteiger charge is 2.36. The molecule has 0 aliphatic carbocycles. The van der Waals surface area contributed by atoms with Crippen molar-refractivity contribution in [2.45, 2.75) is 30.7 Å². The van der Waals surface area contributed by atoms with Crippen LogP contribution in [-0.2, 0) is 14.3 Å². The zero-order valence-electron chi connectivity index (χ0n) is 13.9. The average molecular weight is 432 g/mol. The third kappa shape index (κ3) is 5.64. The smallest absolute Gasteiger partial charge is 0.348 e. The number of anilines is 1. The van der Waals surface area contributed by atoms with E-state index < -0.39 is 27.8 Å². The molecule has 1 aromatic heterocycles. The maximum absolute atomic E-state index is 12.1. The van der Waals surface area contributed by atoms with E-state index in [1.165, 1.54) is 14.0 Å². The van der Waals surface area contributed by atoms with Crippen LogP contribution in [0.15, 0.2) is 0 Å². The maximum atomic E-state index is 12.1. The number of alkyl halides is 3. The zero-order chi connectivity index (χ0) is 19.4. The van der Waals surface area contributed by atoms with Gasteiger partial charge in [-0.3, -0.25) is 4.79 Å². The van der Waals surface area contributed by atoms with Crippen LogP contribution in [0.2, 0.25) is 0 Å². The molecule has 0 unspecified atom stereocenters. The quantitative estimate of drug-likeness (QED) is 0.408. The Hall–Kier alpha value is -1.22. The van der Waals surface area contributed by atoms with E-state index in [0.29, 0.717) is 5.56 Å². The zero-order valence-corrected chi connectivity index (χ0v) is 17.0. The van der Waals surface area contributed by atoms with Crippen LogP contribution in [0.4, 0.5) is 5.00 Å². The lowest BCUT2D eigenvalue weighted by Crippen LogP contribution is -2.48. The number of carbonyl (C=O) groups excluding carboxylic acids is 3. The van der Waals surface area contributed by atoms with Gasteiger partial charge in [0.15, 0.2) is 0 Å². The molecule has 1 aromatic rings. The second-order valence-corrected chi connectivity index (χ2v) is 8.18. The molecular weight excluding hydrogens is 415 g/mol. The third-order valence-electron chi connectivity index (χ3n) is 2.95.